The average Bonchev–Trinajstić information content (AvgIpc) is 3.29. The molecule has 1 aromatic heterocycles. The van der Waals surface area contributed by atoms with Crippen LogP contribution >= 0.6 is 0 Å². The van der Waals surface area contributed by atoms with Gasteiger partial charge >= 0.3 is 0 Å². The first kappa shape index (κ1) is 18.3. The molecule has 0 atom stereocenters. The predicted molar refractivity (Wildman–Crippen MR) is 108 cm³/mol. The topological polar surface area (TPSA) is 61.5 Å². The van der Waals surface area contributed by atoms with Crippen LogP contribution in [-0.2, 0) is 0 Å². The Kier molecular flexibility index (Phi) is 5.68. The number of para-hydroxylation sites is 1. The summed E-state index contributed by atoms with van der Waals surface area (Å²) in [5.74, 6) is 1.68. The number of benzene rings is 2. The second-order valence-electron chi connectivity index (χ2n) is 6.78. The standard InChI is InChI=1S/C22H24N4O2/c27-22(20-9-5-4-8-19(20)21-23-10-11-24-21)26-14-12-25(13-15-26)16-17-28-18-6-2-1-3-7-18/h1-11H,12-17H2,(H,23,24). The third-order valence-electron chi connectivity index (χ3n) is 4.99. The number of nitrogens with one attached hydrogen (secondary N) is 1. The van der Waals surface area contributed by atoms with Crippen LogP contribution in [0.2, 0.25) is 0 Å². The molecule has 0 radical (unpaired) electrons. The Morgan fingerprint density at radius 1 is 1.00 bits per heavy atom. The molecule has 4 rings (SSSR count). The van der Waals surface area contributed by atoms with E-state index in [0.717, 1.165) is 49.9 Å². The fourth-order valence-corrected chi connectivity index (χ4v) is 3.44. The number of H-pyrrole nitrogens is 1. The Labute approximate surface area is 164 Å². The van der Waals surface area contributed by atoms with E-state index in [9.17, 15) is 4.79 Å². The molecule has 1 aliphatic rings. The third kappa shape index (κ3) is 4.23. The molecule has 0 bridgehead atoms. The maximum atomic E-state index is 13.1. The van der Waals surface area contributed by atoms with Gasteiger partial charge in [0.25, 0.3) is 5.91 Å². The summed E-state index contributed by atoms with van der Waals surface area (Å²) in [5.41, 5.74) is 1.54. The van der Waals surface area contributed by atoms with Crippen molar-refractivity contribution >= 4 is 5.91 Å². The highest BCUT2D eigenvalue weighted by atomic mass is 16.5. The van der Waals surface area contributed by atoms with Crippen molar-refractivity contribution in [1.82, 2.24) is 19.8 Å². The van der Waals surface area contributed by atoms with Crippen LogP contribution in [-0.4, -0.2) is 65.0 Å². The van der Waals surface area contributed by atoms with Crippen LogP contribution in [0.25, 0.3) is 11.4 Å². The van der Waals surface area contributed by atoms with Gasteiger partial charge in [0.15, 0.2) is 0 Å². The highest BCUT2D eigenvalue weighted by Crippen LogP contribution is 2.22. The summed E-state index contributed by atoms with van der Waals surface area (Å²) in [6.07, 6.45) is 3.47. The van der Waals surface area contributed by atoms with Gasteiger partial charge in [-0.2, -0.15) is 0 Å². The fourth-order valence-electron chi connectivity index (χ4n) is 3.44. The maximum absolute atomic E-state index is 13.1. The van der Waals surface area contributed by atoms with Crippen molar-refractivity contribution in [3.63, 3.8) is 0 Å². The van der Waals surface area contributed by atoms with Crippen LogP contribution in [0.4, 0.5) is 0 Å². The molecule has 2 heterocycles. The Hall–Kier alpha value is -3.12. The summed E-state index contributed by atoms with van der Waals surface area (Å²) in [6.45, 7) is 4.66. The quantitative estimate of drug-likeness (QED) is 0.719. The molecule has 1 amide bonds. The first-order valence-electron chi connectivity index (χ1n) is 9.59. The van der Waals surface area contributed by atoms with Crippen LogP contribution in [0.5, 0.6) is 5.75 Å². The molecule has 2 aromatic carbocycles. The Morgan fingerprint density at radius 2 is 1.75 bits per heavy atom. The number of ether oxygens (including phenoxy) is 1. The van der Waals surface area contributed by atoms with Crippen LogP contribution in [0, 0.1) is 0 Å². The molecule has 0 spiro atoms. The zero-order valence-corrected chi connectivity index (χ0v) is 15.8. The van der Waals surface area contributed by atoms with Gasteiger partial charge < -0.3 is 14.6 Å². The van der Waals surface area contributed by atoms with Crippen LogP contribution in [0.1, 0.15) is 10.4 Å². The van der Waals surface area contributed by atoms with E-state index in [4.69, 9.17) is 4.74 Å². The SMILES string of the molecule is O=C(c1ccccc1-c1ncc[nH]1)N1CCN(CCOc2ccccc2)CC1. The van der Waals surface area contributed by atoms with Gasteiger partial charge in [-0.15, -0.1) is 0 Å². The molecule has 0 unspecified atom stereocenters. The maximum Gasteiger partial charge on any atom is 0.254 e. The molecular weight excluding hydrogens is 352 g/mol. The number of aromatic amines is 1. The zero-order chi connectivity index (χ0) is 19.2. The summed E-state index contributed by atoms with van der Waals surface area (Å²) in [7, 11) is 0. The third-order valence-corrected chi connectivity index (χ3v) is 4.99. The molecule has 144 valence electrons. The van der Waals surface area contributed by atoms with Crippen LogP contribution in [0.3, 0.4) is 0 Å². The van der Waals surface area contributed by atoms with Crippen molar-refractivity contribution in [2.24, 2.45) is 0 Å². The van der Waals surface area contributed by atoms with E-state index in [0.29, 0.717) is 12.2 Å². The van der Waals surface area contributed by atoms with Crippen LogP contribution < -0.4 is 4.74 Å². The highest BCUT2D eigenvalue weighted by Gasteiger charge is 2.24. The first-order chi connectivity index (χ1) is 13.8. The van der Waals surface area contributed by atoms with E-state index in [1.54, 1.807) is 12.4 Å². The van der Waals surface area contributed by atoms with Gasteiger partial charge in [0.1, 0.15) is 18.2 Å². The lowest BCUT2D eigenvalue weighted by Crippen LogP contribution is -2.49. The summed E-state index contributed by atoms with van der Waals surface area (Å²) in [5, 5.41) is 0. The van der Waals surface area contributed by atoms with Gasteiger partial charge in [0.2, 0.25) is 0 Å². The van der Waals surface area contributed by atoms with E-state index < -0.39 is 0 Å². The zero-order valence-electron chi connectivity index (χ0n) is 15.8. The highest BCUT2D eigenvalue weighted by molar-refractivity contribution is 6.00. The molecule has 6 nitrogen and oxygen atoms in total. The second-order valence-corrected chi connectivity index (χ2v) is 6.78. The molecule has 3 aromatic rings. The number of hydrogen-bond acceptors (Lipinski definition) is 4. The van der Waals surface area contributed by atoms with Crippen molar-refractivity contribution < 1.29 is 9.53 Å². The summed E-state index contributed by atoms with van der Waals surface area (Å²) < 4.78 is 5.78. The van der Waals surface area contributed by atoms with Crippen molar-refractivity contribution in [2.75, 3.05) is 39.3 Å². The van der Waals surface area contributed by atoms with Crippen molar-refractivity contribution in [3.8, 4) is 17.1 Å². The molecule has 1 N–H and O–H groups in total. The molecule has 6 heteroatoms. The van der Waals surface area contributed by atoms with E-state index in [1.165, 1.54) is 0 Å². The smallest absolute Gasteiger partial charge is 0.254 e. The summed E-state index contributed by atoms with van der Waals surface area (Å²) in [6, 6.07) is 17.5. The molecular formula is C22H24N4O2. The van der Waals surface area contributed by atoms with Gasteiger partial charge in [-0.25, -0.2) is 4.98 Å². The monoisotopic (exact) mass is 376 g/mol. The molecule has 1 saturated heterocycles. The Balaban J connectivity index is 1.31. The van der Waals surface area contributed by atoms with E-state index in [2.05, 4.69) is 14.9 Å². The van der Waals surface area contributed by atoms with Crippen molar-refractivity contribution in [2.45, 2.75) is 0 Å². The number of carbonyl (C=O) groups excluding carboxylic acids is 1. The molecule has 0 aliphatic carbocycles. The minimum Gasteiger partial charge on any atom is -0.492 e. The first-order valence-corrected chi connectivity index (χ1v) is 9.59. The normalized spacial score (nSPS) is 14.8. The van der Waals surface area contributed by atoms with Crippen molar-refractivity contribution in [3.05, 3.63) is 72.6 Å². The Morgan fingerprint density at radius 3 is 2.50 bits per heavy atom. The largest absolute Gasteiger partial charge is 0.492 e. The number of nitrogens with zero attached hydrogens (tertiary/aromatic N) is 3. The number of amides is 1. The summed E-state index contributed by atoms with van der Waals surface area (Å²) in [4.78, 5) is 24.7. The van der Waals surface area contributed by atoms with Crippen molar-refractivity contribution in [1.29, 1.82) is 0 Å². The summed E-state index contributed by atoms with van der Waals surface area (Å²) >= 11 is 0. The minimum absolute atomic E-state index is 0.0622. The van der Waals surface area contributed by atoms with Gasteiger partial charge in [-0.3, -0.25) is 9.69 Å². The van der Waals surface area contributed by atoms with E-state index in [1.807, 2.05) is 59.5 Å². The minimum atomic E-state index is 0.0622. The molecule has 0 saturated carbocycles. The average molecular weight is 376 g/mol. The van der Waals surface area contributed by atoms with E-state index in [-0.39, 0.29) is 5.91 Å². The second kappa shape index (κ2) is 8.71. The lowest BCUT2D eigenvalue weighted by molar-refractivity contribution is 0.0621. The molecule has 1 aliphatic heterocycles. The number of piperazine rings is 1. The number of imidazole rings is 1. The van der Waals surface area contributed by atoms with E-state index >= 15 is 0 Å². The molecule has 1 fully saturated rings. The molecule has 28 heavy (non-hydrogen) atoms. The van der Waals surface area contributed by atoms with Gasteiger partial charge in [0, 0.05) is 50.7 Å². The number of rotatable bonds is 6. The van der Waals surface area contributed by atoms with Crippen LogP contribution in [0.15, 0.2) is 67.0 Å². The Bertz CT molecular complexity index is 888. The van der Waals surface area contributed by atoms with Gasteiger partial charge in [-0.05, 0) is 18.2 Å². The van der Waals surface area contributed by atoms with Gasteiger partial charge in [-0.1, -0.05) is 36.4 Å². The number of aromatic nitrogens is 2. The predicted octanol–water partition coefficient (Wildman–Crippen LogP) is 2.91. The lowest BCUT2D eigenvalue weighted by atomic mass is 10.1. The fraction of sp³-hybridized carbons (Fsp3) is 0.273. The number of carbonyl (C=O) groups is 1. The lowest BCUT2D eigenvalue weighted by Gasteiger charge is -2.34. The number of hydrogen-bond donors (Lipinski definition) is 1. The van der Waals surface area contributed by atoms with Gasteiger partial charge in [0.05, 0.1) is 5.56 Å².